The molecule has 0 aliphatic heterocycles. The van der Waals surface area contributed by atoms with E-state index in [9.17, 15) is 9.90 Å². The summed E-state index contributed by atoms with van der Waals surface area (Å²) in [6.07, 6.45) is 2.43. The third-order valence-electron chi connectivity index (χ3n) is 3.21. The lowest BCUT2D eigenvalue weighted by molar-refractivity contribution is 0.0331. The average Bonchev–Trinajstić information content (AvgIpc) is 3.05. The van der Waals surface area contributed by atoms with E-state index in [1.165, 1.54) is 22.5 Å². The van der Waals surface area contributed by atoms with Gasteiger partial charge >= 0.3 is 0 Å². The lowest BCUT2D eigenvalue weighted by Crippen LogP contribution is -2.38. The Morgan fingerprint density at radius 1 is 1.55 bits per heavy atom. The van der Waals surface area contributed by atoms with E-state index in [0.717, 1.165) is 12.0 Å². The summed E-state index contributed by atoms with van der Waals surface area (Å²) in [5, 5.41) is 13.0. The zero-order valence-corrected chi connectivity index (χ0v) is 12.7. The molecule has 1 atom stereocenters. The predicted octanol–water partition coefficient (Wildman–Crippen LogP) is 2.85. The number of thiophene rings is 1. The molecule has 5 heteroatoms. The fourth-order valence-electron chi connectivity index (χ4n) is 1.99. The van der Waals surface area contributed by atoms with Crippen LogP contribution in [0.25, 0.3) is 0 Å². The van der Waals surface area contributed by atoms with Gasteiger partial charge in [0.2, 0.25) is 0 Å². The number of hydrogen-bond donors (Lipinski definition) is 2. The normalized spacial score (nSPS) is 14.0. The van der Waals surface area contributed by atoms with Gasteiger partial charge in [-0.2, -0.15) is 0 Å². The summed E-state index contributed by atoms with van der Waals surface area (Å²) in [4.78, 5) is 14.0. The summed E-state index contributed by atoms with van der Waals surface area (Å²) >= 11 is 1.50. The molecule has 0 spiro atoms. The van der Waals surface area contributed by atoms with E-state index in [1.807, 2.05) is 13.0 Å². The van der Waals surface area contributed by atoms with E-state index in [2.05, 4.69) is 12.2 Å². The van der Waals surface area contributed by atoms with E-state index in [0.29, 0.717) is 10.6 Å². The molecule has 0 aliphatic carbocycles. The molecule has 4 nitrogen and oxygen atoms in total. The molecule has 0 fully saturated rings. The van der Waals surface area contributed by atoms with Gasteiger partial charge in [0, 0.05) is 4.88 Å². The van der Waals surface area contributed by atoms with Gasteiger partial charge in [0.05, 0.1) is 17.7 Å². The number of nitrogens with one attached hydrogen (secondary N) is 1. The van der Waals surface area contributed by atoms with Crippen molar-refractivity contribution in [3.05, 3.63) is 45.5 Å². The lowest BCUT2D eigenvalue weighted by Gasteiger charge is -2.20. The number of carbonyl (C=O) groups is 1. The maximum atomic E-state index is 12.1. The number of carbonyl (C=O) groups excluding carboxylic acids is 1. The van der Waals surface area contributed by atoms with Crippen LogP contribution in [0, 0.1) is 6.92 Å². The van der Waals surface area contributed by atoms with E-state index in [-0.39, 0.29) is 12.5 Å². The van der Waals surface area contributed by atoms with Gasteiger partial charge in [0.25, 0.3) is 5.91 Å². The second-order valence-electron chi connectivity index (χ2n) is 5.00. The van der Waals surface area contributed by atoms with E-state index >= 15 is 0 Å². The molecule has 2 N–H and O–H groups in total. The topological polar surface area (TPSA) is 62.5 Å². The van der Waals surface area contributed by atoms with Crippen molar-refractivity contribution in [1.82, 2.24) is 5.32 Å². The highest BCUT2D eigenvalue weighted by Gasteiger charge is 2.27. The molecule has 108 valence electrons. The summed E-state index contributed by atoms with van der Waals surface area (Å²) in [6, 6.07) is 5.29. The summed E-state index contributed by atoms with van der Waals surface area (Å²) < 4.78 is 5.18. The second-order valence-corrected chi connectivity index (χ2v) is 6.14. The zero-order chi connectivity index (χ0) is 14.8. The van der Waals surface area contributed by atoms with Gasteiger partial charge in [0.15, 0.2) is 0 Å². The highest BCUT2D eigenvalue weighted by atomic mass is 32.1. The van der Waals surface area contributed by atoms with Crippen molar-refractivity contribution < 1.29 is 14.3 Å². The molecule has 0 radical (unpaired) electrons. The zero-order valence-electron chi connectivity index (χ0n) is 11.9. The van der Waals surface area contributed by atoms with Crippen molar-refractivity contribution in [2.75, 3.05) is 6.54 Å². The van der Waals surface area contributed by atoms with Gasteiger partial charge in [-0.25, -0.2) is 0 Å². The third kappa shape index (κ3) is 3.11. The van der Waals surface area contributed by atoms with Gasteiger partial charge in [-0.3, -0.25) is 4.79 Å². The van der Waals surface area contributed by atoms with E-state index in [4.69, 9.17) is 4.42 Å². The number of aryl methyl sites for hydroxylation is 2. The fourth-order valence-corrected chi connectivity index (χ4v) is 3.02. The quantitative estimate of drug-likeness (QED) is 0.891. The Morgan fingerprint density at radius 2 is 2.30 bits per heavy atom. The molecule has 2 aromatic heterocycles. The third-order valence-corrected chi connectivity index (χ3v) is 4.59. The molecule has 2 heterocycles. The van der Waals surface area contributed by atoms with Crippen LogP contribution in [-0.4, -0.2) is 17.6 Å². The largest absolute Gasteiger partial charge is 0.466 e. The Hall–Kier alpha value is -1.59. The van der Waals surface area contributed by atoms with Gasteiger partial charge in [0.1, 0.15) is 11.4 Å². The van der Waals surface area contributed by atoms with E-state index in [1.54, 1.807) is 19.1 Å². The van der Waals surface area contributed by atoms with Crippen LogP contribution in [0.4, 0.5) is 0 Å². The van der Waals surface area contributed by atoms with Crippen LogP contribution < -0.4 is 5.32 Å². The molecule has 0 bridgehead atoms. The van der Waals surface area contributed by atoms with Crippen molar-refractivity contribution in [1.29, 1.82) is 0 Å². The van der Waals surface area contributed by atoms with Crippen LogP contribution in [0.5, 0.6) is 0 Å². The molecular weight excluding hydrogens is 274 g/mol. The number of hydrogen-bond acceptors (Lipinski definition) is 4. The number of rotatable bonds is 5. The van der Waals surface area contributed by atoms with Crippen LogP contribution in [0.2, 0.25) is 0 Å². The van der Waals surface area contributed by atoms with E-state index < -0.39 is 5.60 Å². The highest BCUT2D eigenvalue weighted by Crippen LogP contribution is 2.23. The first kappa shape index (κ1) is 14.8. The first-order chi connectivity index (χ1) is 9.44. The Morgan fingerprint density at radius 3 is 2.85 bits per heavy atom. The van der Waals surface area contributed by atoms with Crippen molar-refractivity contribution in [2.24, 2.45) is 0 Å². The van der Waals surface area contributed by atoms with Crippen molar-refractivity contribution in [2.45, 2.75) is 32.8 Å². The summed E-state index contributed by atoms with van der Waals surface area (Å²) in [6.45, 7) is 5.80. The summed E-state index contributed by atoms with van der Waals surface area (Å²) in [5.74, 6) is 0.277. The standard InChI is InChI=1S/C15H19NO3S/c1-4-11-10(2)8-12(20-11)14(17)16-9-15(3,18)13-6-5-7-19-13/h5-8,18H,4,9H2,1-3H3,(H,16,17). The van der Waals surface area contributed by atoms with Gasteiger partial charge in [-0.1, -0.05) is 6.92 Å². The van der Waals surface area contributed by atoms with Gasteiger partial charge in [-0.15, -0.1) is 11.3 Å². The first-order valence-electron chi connectivity index (χ1n) is 6.58. The van der Waals surface area contributed by atoms with Crippen LogP contribution in [0.3, 0.4) is 0 Å². The minimum Gasteiger partial charge on any atom is -0.466 e. The molecule has 1 unspecified atom stereocenters. The molecule has 0 saturated carbocycles. The highest BCUT2D eigenvalue weighted by molar-refractivity contribution is 7.14. The van der Waals surface area contributed by atoms with Gasteiger partial charge < -0.3 is 14.8 Å². The first-order valence-corrected chi connectivity index (χ1v) is 7.39. The van der Waals surface area contributed by atoms with Crippen molar-refractivity contribution >= 4 is 17.2 Å². The molecule has 0 aromatic carbocycles. The maximum absolute atomic E-state index is 12.1. The predicted molar refractivity (Wildman–Crippen MR) is 79.0 cm³/mol. The SMILES string of the molecule is CCc1sc(C(=O)NCC(C)(O)c2ccco2)cc1C. The van der Waals surface area contributed by atoms with Crippen molar-refractivity contribution in [3.63, 3.8) is 0 Å². The minimum absolute atomic E-state index is 0.109. The number of aliphatic hydroxyl groups is 1. The molecule has 0 aliphatic rings. The second kappa shape index (κ2) is 5.81. The van der Waals surface area contributed by atoms with Crippen LogP contribution in [-0.2, 0) is 12.0 Å². The molecule has 2 aromatic rings. The molecule has 1 amide bonds. The number of furan rings is 1. The van der Waals surface area contributed by atoms with Gasteiger partial charge in [-0.05, 0) is 44.0 Å². The monoisotopic (exact) mass is 293 g/mol. The minimum atomic E-state index is -1.21. The lowest BCUT2D eigenvalue weighted by atomic mass is 10.0. The smallest absolute Gasteiger partial charge is 0.261 e. The summed E-state index contributed by atoms with van der Waals surface area (Å²) in [5.41, 5.74) is -0.0700. The maximum Gasteiger partial charge on any atom is 0.261 e. The van der Waals surface area contributed by atoms with Crippen molar-refractivity contribution in [3.8, 4) is 0 Å². The van der Waals surface area contributed by atoms with Crippen LogP contribution in [0.15, 0.2) is 28.9 Å². The van der Waals surface area contributed by atoms with Crippen LogP contribution in [0.1, 0.15) is 39.7 Å². The number of amides is 1. The Kier molecular flexibility index (Phi) is 4.30. The average molecular weight is 293 g/mol. The molecule has 20 heavy (non-hydrogen) atoms. The Balaban J connectivity index is 2.01. The van der Waals surface area contributed by atoms with Crippen LogP contribution >= 0.6 is 11.3 Å². The summed E-state index contributed by atoms with van der Waals surface area (Å²) in [7, 11) is 0. The Labute approximate surface area is 122 Å². The molecule has 0 saturated heterocycles. The Bertz CT molecular complexity index is 584. The molecular formula is C15H19NO3S. The molecule has 2 rings (SSSR count). The fraction of sp³-hybridized carbons (Fsp3) is 0.400.